The minimum absolute atomic E-state index is 0.00527. The molecule has 0 bridgehead atoms. The molecule has 15 heavy (non-hydrogen) atoms. The zero-order chi connectivity index (χ0) is 11.4. The van der Waals surface area contributed by atoms with E-state index in [-0.39, 0.29) is 12.5 Å². The number of nitrogens with zero attached hydrogens (tertiary/aromatic N) is 1. The summed E-state index contributed by atoms with van der Waals surface area (Å²) in [6.45, 7) is 0.407. The van der Waals surface area contributed by atoms with Crippen LogP contribution < -0.4 is 5.73 Å². The van der Waals surface area contributed by atoms with Crippen molar-refractivity contribution >= 4 is 29.1 Å². The first-order valence-electron chi connectivity index (χ1n) is 4.42. The van der Waals surface area contributed by atoms with Gasteiger partial charge in [0.15, 0.2) is 0 Å². The van der Waals surface area contributed by atoms with Gasteiger partial charge in [-0.25, -0.2) is 0 Å². The molecule has 82 valence electrons. The van der Waals surface area contributed by atoms with Gasteiger partial charge in [-0.15, -0.1) is 0 Å². The molecule has 2 N–H and O–H groups in total. The molecule has 1 amide bonds. The van der Waals surface area contributed by atoms with Crippen LogP contribution in [0.2, 0.25) is 10.0 Å². The monoisotopic (exact) mass is 246 g/mol. The molecule has 0 saturated carbocycles. The van der Waals surface area contributed by atoms with E-state index in [0.717, 1.165) is 5.56 Å². The molecular formula is C10H12Cl2N2O. The van der Waals surface area contributed by atoms with Crippen LogP contribution in [0.5, 0.6) is 0 Å². The second kappa shape index (κ2) is 5.35. The van der Waals surface area contributed by atoms with Crippen LogP contribution in [0, 0.1) is 0 Å². The molecule has 0 radical (unpaired) electrons. The lowest BCUT2D eigenvalue weighted by atomic mass is 10.2. The third-order valence-corrected chi connectivity index (χ3v) is 2.62. The molecule has 0 atom stereocenters. The molecule has 0 aliphatic heterocycles. The van der Waals surface area contributed by atoms with Crippen molar-refractivity contribution < 1.29 is 4.79 Å². The van der Waals surface area contributed by atoms with Crippen molar-refractivity contribution in [2.75, 3.05) is 13.6 Å². The fourth-order valence-electron chi connectivity index (χ4n) is 1.16. The van der Waals surface area contributed by atoms with Gasteiger partial charge in [-0.1, -0.05) is 23.2 Å². The molecular weight excluding hydrogens is 235 g/mol. The minimum atomic E-state index is -0.133. The zero-order valence-electron chi connectivity index (χ0n) is 8.34. The van der Waals surface area contributed by atoms with E-state index >= 15 is 0 Å². The van der Waals surface area contributed by atoms with Crippen molar-refractivity contribution in [1.29, 1.82) is 0 Å². The van der Waals surface area contributed by atoms with E-state index in [2.05, 4.69) is 0 Å². The quantitative estimate of drug-likeness (QED) is 0.886. The Balaban J connectivity index is 2.80. The number of carbonyl (C=O) groups is 1. The van der Waals surface area contributed by atoms with Gasteiger partial charge in [0.25, 0.3) is 0 Å². The highest BCUT2D eigenvalue weighted by molar-refractivity contribution is 6.33. The predicted molar refractivity (Wildman–Crippen MR) is 62.0 cm³/mol. The number of carbonyl (C=O) groups excluding carboxylic acids is 1. The summed E-state index contributed by atoms with van der Waals surface area (Å²) in [6.07, 6.45) is 0. The number of amides is 1. The maximum absolute atomic E-state index is 11.2. The molecule has 1 rings (SSSR count). The van der Waals surface area contributed by atoms with Gasteiger partial charge in [-0.05, 0) is 23.8 Å². The van der Waals surface area contributed by atoms with Gasteiger partial charge in [0, 0.05) is 23.6 Å². The highest BCUT2D eigenvalue weighted by atomic mass is 35.5. The molecule has 5 heteroatoms. The lowest BCUT2D eigenvalue weighted by Gasteiger charge is -2.17. The number of nitrogens with two attached hydrogens (primary N) is 1. The van der Waals surface area contributed by atoms with Crippen molar-refractivity contribution in [3.63, 3.8) is 0 Å². The standard InChI is InChI=1S/C10H12Cl2N2O/c1-14(10(15)5-13)6-7-4-8(11)2-3-9(7)12/h2-4H,5-6,13H2,1H3. The second-order valence-corrected chi connectivity index (χ2v) is 4.03. The first-order valence-corrected chi connectivity index (χ1v) is 5.18. The molecule has 3 nitrogen and oxygen atoms in total. The SMILES string of the molecule is CN(Cc1cc(Cl)ccc1Cl)C(=O)CN. The number of hydrogen-bond donors (Lipinski definition) is 1. The molecule has 0 saturated heterocycles. The van der Waals surface area contributed by atoms with E-state index in [0.29, 0.717) is 16.6 Å². The Morgan fingerprint density at radius 3 is 2.73 bits per heavy atom. The van der Waals surface area contributed by atoms with Gasteiger partial charge in [0.1, 0.15) is 0 Å². The Labute approximate surface area is 98.8 Å². The molecule has 0 unspecified atom stereocenters. The van der Waals surface area contributed by atoms with Crippen LogP contribution in [0.15, 0.2) is 18.2 Å². The van der Waals surface area contributed by atoms with Crippen LogP contribution in [0.4, 0.5) is 0 Å². The molecule has 0 fully saturated rings. The van der Waals surface area contributed by atoms with Gasteiger partial charge in [-0.2, -0.15) is 0 Å². The molecule has 0 aliphatic rings. The highest BCUT2D eigenvalue weighted by Gasteiger charge is 2.09. The summed E-state index contributed by atoms with van der Waals surface area (Å²) in [7, 11) is 1.67. The maximum Gasteiger partial charge on any atom is 0.236 e. The van der Waals surface area contributed by atoms with E-state index in [1.165, 1.54) is 4.90 Å². The molecule has 1 aromatic carbocycles. The Kier molecular flexibility index (Phi) is 4.39. The van der Waals surface area contributed by atoms with Crippen LogP contribution in [-0.4, -0.2) is 24.4 Å². The maximum atomic E-state index is 11.2. The van der Waals surface area contributed by atoms with Crippen LogP contribution in [-0.2, 0) is 11.3 Å². The minimum Gasteiger partial charge on any atom is -0.340 e. The first-order chi connectivity index (χ1) is 7.04. The highest BCUT2D eigenvalue weighted by Crippen LogP contribution is 2.21. The molecule has 0 spiro atoms. The van der Waals surface area contributed by atoms with Crippen molar-refractivity contribution in [2.24, 2.45) is 5.73 Å². The molecule has 0 aliphatic carbocycles. The number of benzene rings is 1. The Morgan fingerprint density at radius 1 is 1.47 bits per heavy atom. The molecule has 0 heterocycles. The van der Waals surface area contributed by atoms with E-state index in [1.54, 1.807) is 25.2 Å². The van der Waals surface area contributed by atoms with Crippen molar-refractivity contribution in [2.45, 2.75) is 6.54 Å². The lowest BCUT2D eigenvalue weighted by molar-refractivity contribution is -0.128. The lowest BCUT2D eigenvalue weighted by Crippen LogP contribution is -2.32. The summed E-state index contributed by atoms with van der Waals surface area (Å²) in [5.74, 6) is -0.133. The van der Waals surface area contributed by atoms with Crippen molar-refractivity contribution in [1.82, 2.24) is 4.90 Å². The van der Waals surface area contributed by atoms with E-state index in [9.17, 15) is 4.79 Å². The Bertz CT molecular complexity index is 368. The van der Waals surface area contributed by atoms with E-state index in [1.807, 2.05) is 0 Å². The Morgan fingerprint density at radius 2 is 2.13 bits per heavy atom. The third kappa shape index (κ3) is 3.38. The third-order valence-electron chi connectivity index (χ3n) is 2.02. The van der Waals surface area contributed by atoms with Crippen LogP contribution in [0.1, 0.15) is 5.56 Å². The predicted octanol–water partition coefficient (Wildman–Crippen LogP) is 1.91. The van der Waals surface area contributed by atoms with Crippen LogP contribution in [0.25, 0.3) is 0 Å². The summed E-state index contributed by atoms with van der Waals surface area (Å²) in [6, 6.07) is 5.16. The summed E-state index contributed by atoms with van der Waals surface area (Å²) in [5.41, 5.74) is 6.06. The van der Waals surface area contributed by atoms with Gasteiger partial charge < -0.3 is 10.6 Å². The average Bonchev–Trinajstić information content (AvgIpc) is 2.22. The van der Waals surface area contributed by atoms with Gasteiger partial charge >= 0.3 is 0 Å². The summed E-state index contributed by atoms with van der Waals surface area (Å²) >= 11 is 11.8. The van der Waals surface area contributed by atoms with E-state index in [4.69, 9.17) is 28.9 Å². The smallest absolute Gasteiger partial charge is 0.236 e. The van der Waals surface area contributed by atoms with Crippen molar-refractivity contribution in [3.05, 3.63) is 33.8 Å². The first kappa shape index (κ1) is 12.3. The number of likely N-dealkylation sites (N-methyl/N-ethyl adjacent to an activating group) is 1. The fourth-order valence-corrected chi connectivity index (χ4v) is 1.54. The summed E-state index contributed by atoms with van der Waals surface area (Å²) in [4.78, 5) is 12.7. The van der Waals surface area contributed by atoms with Crippen LogP contribution >= 0.6 is 23.2 Å². The van der Waals surface area contributed by atoms with Gasteiger partial charge in [0.2, 0.25) is 5.91 Å². The topological polar surface area (TPSA) is 46.3 Å². The second-order valence-electron chi connectivity index (χ2n) is 3.19. The van der Waals surface area contributed by atoms with Crippen LogP contribution in [0.3, 0.4) is 0 Å². The van der Waals surface area contributed by atoms with Gasteiger partial charge in [0.05, 0.1) is 6.54 Å². The fraction of sp³-hybridized carbons (Fsp3) is 0.300. The number of rotatable bonds is 3. The molecule has 0 aromatic heterocycles. The van der Waals surface area contributed by atoms with Gasteiger partial charge in [-0.3, -0.25) is 4.79 Å². The number of halogens is 2. The average molecular weight is 247 g/mol. The largest absolute Gasteiger partial charge is 0.340 e. The number of hydrogen-bond acceptors (Lipinski definition) is 2. The van der Waals surface area contributed by atoms with Crippen molar-refractivity contribution in [3.8, 4) is 0 Å². The summed E-state index contributed by atoms with van der Waals surface area (Å²) in [5, 5.41) is 1.19. The Hall–Kier alpha value is -0.770. The zero-order valence-corrected chi connectivity index (χ0v) is 9.85. The molecule has 1 aromatic rings. The van der Waals surface area contributed by atoms with E-state index < -0.39 is 0 Å². The summed E-state index contributed by atoms with van der Waals surface area (Å²) < 4.78 is 0. The normalized spacial score (nSPS) is 10.1.